The molecule has 120 valence electrons. The molecule has 4 aliphatic rings. The van der Waals surface area contributed by atoms with Crippen molar-refractivity contribution in [3.63, 3.8) is 0 Å². The maximum atomic E-state index is 2.47. The van der Waals surface area contributed by atoms with Gasteiger partial charge in [0.05, 0.1) is 0 Å². The van der Waals surface area contributed by atoms with Crippen LogP contribution in [-0.4, -0.2) is 10.5 Å². The summed E-state index contributed by atoms with van der Waals surface area (Å²) in [6.07, 6.45) is 21.8. The number of rotatable bonds is 4. The van der Waals surface area contributed by atoms with Gasteiger partial charge >= 0.3 is 0 Å². The summed E-state index contributed by atoms with van der Waals surface area (Å²) in [5, 5.41) is 2.10. The minimum absolute atomic E-state index is 1.04. The van der Waals surface area contributed by atoms with Crippen molar-refractivity contribution in [1.82, 2.24) is 0 Å². The fourth-order valence-corrected chi connectivity index (χ4v) is 8.24. The van der Waals surface area contributed by atoms with Gasteiger partial charge in [-0.05, 0) is 55.8 Å². The standard InChI is InChI=1S/C20H34S/c1-2-7-15(6-1)17-12-13-18(14-17)21-20-11-5-10-19(20)16-8-3-4-9-16/h15-20H,1-14H2. The van der Waals surface area contributed by atoms with Crippen LogP contribution in [0.5, 0.6) is 0 Å². The van der Waals surface area contributed by atoms with Gasteiger partial charge in [-0.15, -0.1) is 0 Å². The van der Waals surface area contributed by atoms with Gasteiger partial charge in [0.15, 0.2) is 0 Å². The second kappa shape index (κ2) is 6.85. The molecular weight excluding hydrogens is 272 g/mol. The topological polar surface area (TPSA) is 0 Å². The first-order chi connectivity index (χ1) is 10.4. The highest BCUT2D eigenvalue weighted by atomic mass is 32.2. The fourth-order valence-electron chi connectivity index (χ4n) is 6.25. The van der Waals surface area contributed by atoms with Crippen molar-refractivity contribution in [3.05, 3.63) is 0 Å². The molecule has 0 aromatic carbocycles. The molecule has 21 heavy (non-hydrogen) atoms. The predicted molar refractivity (Wildman–Crippen MR) is 93.8 cm³/mol. The van der Waals surface area contributed by atoms with Crippen LogP contribution in [0, 0.1) is 23.7 Å². The van der Waals surface area contributed by atoms with Crippen LogP contribution >= 0.6 is 11.8 Å². The third-order valence-electron chi connectivity index (χ3n) is 7.37. The molecule has 0 heterocycles. The van der Waals surface area contributed by atoms with Crippen molar-refractivity contribution in [1.29, 1.82) is 0 Å². The molecule has 4 saturated carbocycles. The molecule has 4 fully saturated rings. The van der Waals surface area contributed by atoms with Crippen LogP contribution < -0.4 is 0 Å². The average Bonchev–Trinajstić information content (AvgIpc) is 3.28. The van der Waals surface area contributed by atoms with Gasteiger partial charge < -0.3 is 0 Å². The maximum absolute atomic E-state index is 2.47. The Balaban J connectivity index is 1.29. The molecule has 0 bridgehead atoms. The Labute approximate surface area is 136 Å². The van der Waals surface area contributed by atoms with Crippen molar-refractivity contribution in [2.75, 3.05) is 0 Å². The summed E-state index contributed by atoms with van der Waals surface area (Å²) in [7, 11) is 0. The smallest absolute Gasteiger partial charge is 0.00807 e. The summed E-state index contributed by atoms with van der Waals surface area (Å²) in [5.74, 6) is 4.49. The van der Waals surface area contributed by atoms with Crippen molar-refractivity contribution in [2.45, 2.75) is 100 Å². The van der Waals surface area contributed by atoms with Crippen LogP contribution in [0.1, 0.15) is 89.9 Å². The number of hydrogen-bond acceptors (Lipinski definition) is 1. The van der Waals surface area contributed by atoms with Crippen molar-refractivity contribution < 1.29 is 0 Å². The van der Waals surface area contributed by atoms with E-state index < -0.39 is 0 Å². The van der Waals surface area contributed by atoms with E-state index in [2.05, 4.69) is 11.8 Å². The van der Waals surface area contributed by atoms with E-state index >= 15 is 0 Å². The molecule has 0 radical (unpaired) electrons. The summed E-state index contributed by atoms with van der Waals surface area (Å²) in [4.78, 5) is 0. The van der Waals surface area contributed by atoms with E-state index in [9.17, 15) is 0 Å². The normalized spacial score (nSPS) is 42.3. The second-order valence-corrected chi connectivity index (χ2v) is 10.1. The molecule has 4 unspecified atom stereocenters. The van der Waals surface area contributed by atoms with Gasteiger partial charge in [0.1, 0.15) is 0 Å². The lowest BCUT2D eigenvalue weighted by Crippen LogP contribution is -2.21. The van der Waals surface area contributed by atoms with Crippen molar-refractivity contribution in [2.24, 2.45) is 23.7 Å². The Bertz CT molecular complexity index is 327. The Morgan fingerprint density at radius 3 is 2.00 bits per heavy atom. The van der Waals surface area contributed by atoms with E-state index in [1.165, 1.54) is 32.1 Å². The van der Waals surface area contributed by atoms with Crippen LogP contribution in [0.3, 0.4) is 0 Å². The second-order valence-electron chi connectivity index (χ2n) is 8.55. The van der Waals surface area contributed by atoms with E-state index in [1.807, 2.05) is 0 Å². The van der Waals surface area contributed by atoms with E-state index in [0.717, 1.165) is 34.2 Å². The first kappa shape index (κ1) is 14.9. The molecule has 0 N–H and O–H groups in total. The van der Waals surface area contributed by atoms with Gasteiger partial charge in [-0.2, -0.15) is 11.8 Å². The van der Waals surface area contributed by atoms with Gasteiger partial charge in [-0.1, -0.05) is 57.8 Å². The highest BCUT2D eigenvalue weighted by Crippen LogP contribution is 2.50. The molecule has 1 heteroatoms. The molecule has 0 nitrogen and oxygen atoms in total. The highest BCUT2D eigenvalue weighted by molar-refractivity contribution is 8.00. The monoisotopic (exact) mass is 306 g/mol. The summed E-state index contributed by atoms with van der Waals surface area (Å²) in [5.41, 5.74) is 0. The lowest BCUT2D eigenvalue weighted by molar-refractivity contribution is 0.346. The van der Waals surface area contributed by atoms with E-state index in [-0.39, 0.29) is 0 Å². The zero-order valence-electron chi connectivity index (χ0n) is 13.8. The zero-order valence-corrected chi connectivity index (χ0v) is 14.6. The quantitative estimate of drug-likeness (QED) is 0.576. The first-order valence-electron chi connectivity index (χ1n) is 10.1. The Kier molecular flexibility index (Phi) is 4.86. The summed E-state index contributed by atoms with van der Waals surface area (Å²) < 4.78 is 0. The minimum Gasteiger partial charge on any atom is -0.155 e. The van der Waals surface area contributed by atoms with Gasteiger partial charge in [0, 0.05) is 10.5 Å². The minimum atomic E-state index is 1.04. The van der Waals surface area contributed by atoms with Crippen LogP contribution in [0.2, 0.25) is 0 Å². The summed E-state index contributed by atoms with van der Waals surface area (Å²) >= 11 is 2.47. The molecule has 0 saturated heterocycles. The van der Waals surface area contributed by atoms with Gasteiger partial charge in [0.25, 0.3) is 0 Å². The lowest BCUT2D eigenvalue weighted by atomic mass is 9.89. The Morgan fingerprint density at radius 2 is 1.24 bits per heavy atom. The summed E-state index contributed by atoms with van der Waals surface area (Å²) in [6.45, 7) is 0. The van der Waals surface area contributed by atoms with E-state index in [0.29, 0.717) is 0 Å². The third-order valence-corrected chi connectivity index (χ3v) is 9.12. The lowest BCUT2D eigenvalue weighted by Gasteiger charge is -2.27. The molecule has 0 aromatic rings. The Morgan fingerprint density at radius 1 is 0.524 bits per heavy atom. The van der Waals surface area contributed by atoms with Crippen molar-refractivity contribution >= 4 is 11.8 Å². The van der Waals surface area contributed by atoms with Crippen LogP contribution in [0.4, 0.5) is 0 Å². The van der Waals surface area contributed by atoms with Crippen LogP contribution in [0.15, 0.2) is 0 Å². The molecule has 4 aliphatic carbocycles. The fraction of sp³-hybridized carbons (Fsp3) is 1.00. The van der Waals surface area contributed by atoms with Gasteiger partial charge in [-0.3, -0.25) is 0 Å². The molecule has 0 spiro atoms. The zero-order chi connectivity index (χ0) is 14.1. The van der Waals surface area contributed by atoms with E-state index in [4.69, 9.17) is 0 Å². The maximum Gasteiger partial charge on any atom is 0.00807 e. The third kappa shape index (κ3) is 3.33. The Hall–Kier alpha value is 0.350. The highest BCUT2D eigenvalue weighted by Gasteiger charge is 2.39. The van der Waals surface area contributed by atoms with Gasteiger partial charge in [0.2, 0.25) is 0 Å². The molecule has 0 amide bonds. The van der Waals surface area contributed by atoms with Gasteiger partial charge in [-0.25, -0.2) is 0 Å². The molecule has 4 atom stereocenters. The van der Waals surface area contributed by atoms with E-state index in [1.54, 1.807) is 57.8 Å². The largest absolute Gasteiger partial charge is 0.155 e. The summed E-state index contributed by atoms with van der Waals surface area (Å²) in [6, 6.07) is 0. The molecular formula is C20H34S. The van der Waals surface area contributed by atoms with Crippen LogP contribution in [-0.2, 0) is 0 Å². The first-order valence-corrected chi connectivity index (χ1v) is 11.0. The number of thioether (sulfide) groups is 1. The molecule has 0 aromatic heterocycles. The number of hydrogen-bond donors (Lipinski definition) is 0. The average molecular weight is 307 g/mol. The predicted octanol–water partition coefficient (Wildman–Crippen LogP) is 6.44. The van der Waals surface area contributed by atoms with Crippen LogP contribution in [0.25, 0.3) is 0 Å². The molecule has 0 aliphatic heterocycles. The van der Waals surface area contributed by atoms with Crippen molar-refractivity contribution in [3.8, 4) is 0 Å². The molecule has 4 rings (SSSR count). The SMILES string of the molecule is C1CCC(C2CCC(SC3CCCC3C3CCCC3)C2)C1.